The smallest absolute Gasteiger partial charge is 0.338 e. The van der Waals surface area contributed by atoms with Gasteiger partial charge in [-0.3, -0.25) is 9.78 Å². The highest BCUT2D eigenvalue weighted by atomic mass is 16.6. The van der Waals surface area contributed by atoms with Crippen LogP contribution >= 0.6 is 0 Å². The van der Waals surface area contributed by atoms with Gasteiger partial charge in [0.1, 0.15) is 12.7 Å². The number of aryl methyl sites for hydroxylation is 2. The first-order chi connectivity index (χ1) is 19.9. The number of nitrogens with zero attached hydrogens (tertiary/aromatic N) is 5. The normalized spacial score (nSPS) is 19.7. The number of ether oxygens (including phenoxy) is 2. The molecule has 2 atom stereocenters. The molecule has 0 radical (unpaired) electrons. The second-order valence-corrected chi connectivity index (χ2v) is 10.4. The number of fused-ring (bicyclic) bond motifs is 7. The molecule has 4 aromatic rings. The van der Waals surface area contributed by atoms with E-state index in [-0.39, 0.29) is 18.4 Å². The van der Waals surface area contributed by atoms with Gasteiger partial charge in [-0.15, -0.1) is 0 Å². The summed E-state index contributed by atoms with van der Waals surface area (Å²) in [5.41, 5.74) is 4.50. The van der Waals surface area contributed by atoms with E-state index in [4.69, 9.17) is 9.47 Å². The number of benzene rings is 2. The molecular formula is C31H30N6O4. The van der Waals surface area contributed by atoms with Crippen molar-refractivity contribution in [2.24, 2.45) is 18.0 Å². The van der Waals surface area contributed by atoms with Gasteiger partial charge in [0.05, 0.1) is 34.4 Å². The van der Waals surface area contributed by atoms with E-state index in [1.807, 2.05) is 42.2 Å². The predicted octanol–water partition coefficient (Wildman–Crippen LogP) is 4.86. The van der Waals surface area contributed by atoms with Gasteiger partial charge in [-0.2, -0.15) is 10.1 Å². The van der Waals surface area contributed by atoms with E-state index in [1.54, 1.807) is 54.3 Å². The fraction of sp³-hybridized carbons (Fsp3) is 0.258. The van der Waals surface area contributed by atoms with Crippen molar-refractivity contribution in [2.45, 2.75) is 26.4 Å². The average Bonchev–Trinajstić information content (AvgIpc) is 3.50. The van der Waals surface area contributed by atoms with Crippen molar-refractivity contribution < 1.29 is 19.1 Å². The molecule has 4 heterocycles. The number of guanidine groups is 1. The van der Waals surface area contributed by atoms with E-state index in [0.29, 0.717) is 52.9 Å². The third-order valence-corrected chi connectivity index (χ3v) is 7.11. The van der Waals surface area contributed by atoms with Gasteiger partial charge >= 0.3 is 5.97 Å². The minimum atomic E-state index is -0.556. The number of carbonyl (C=O) groups is 2. The number of aliphatic imine (C=N–C) groups is 1. The van der Waals surface area contributed by atoms with Crippen LogP contribution < -0.4 is 15.0 Å². The van der Waals surface area contributed by atoms with E-state index in [0.717, 1.165) is 11.4 Å². The van der Waals surface area contributed by atoms with Crippen molar-refractivity contribution in [3.63, 3.8) is 0 Å². The van der Waals surface area contributed by atoms with Gasteiger partial charge in [-0.25, -0.2) is 9.48 Å². The number of rotatable bonds is 2. The number of hydrogen-bond donors (Lipinski definition) is 1. The lowest BCUT2D eigenvalue weighted by Crippen LogP contribution is -2.37. The minimum Gasteiger partial charge on any atom is -0.473 e. The molecule has 0 spiro atoms. The first-order valence-corrected chi connectivity index (χ1v) is 13.5. The Labute approximate surface area is 237 Å². The van der Waals surface area contributed by atoms with Crippen molar-refractivity contribution in [3.05, 3.63) is 89.7 Å². The largest absolute Gasteiger partial charge is 0.473 e. The number of aromatic nitrogens is 3. The van der Waals surface area contributed by atoms with Gasteiger partial charge in [0.15, 0.2) is 0 Å². The molecule has 2 aliphatic heterocycles. The van der Waals surface area contributed by atoms with Crippen molar-refractivity contribution >= 4 is 29.2 Å². The average molecular weight is 551 g/mol. The fourth-order valence-corrected chi connectivity index (χ4v) is 5.20. The summed E-state index contributed by atoms with van der Waals surface area (Å²) >= 11 is 0. The molecule has 1 amide bonds. The number of nitrogens with one attached hydrogen (secondary N) is 1. The number of esters is 1. The van der Waals surface area contributed by atoms with E-state index in [9.17, 15) is 9.59 Å². The van der Waals surface area contributed by atoms with Crippen LogP contribution in [0.1, 0.15) is 39.8 Å². The van der Waals surface area contributed by atoms with E-state index in [1.165, 1.54) is 0 Å². The summed E-state index contributed by atoms with van der Waals surface area (Å²) in [5.74, 6) is 0.139. The quantitative estimate of drug-likeness (QED) is 0.352. The lowest BCUT2D eigenvalue weighted by atomic mass is 10.0. The Balaban J connectivity index is 1.41. The van der Waals surface area contributed by atoms with Crippen LogP contribution in [0.5, 0.6) is 5.88 Å². The second kappa shape index (κ2) is 10.9. The highest BCUT2D eigenvalue weighted by Crippen LogP contribution is 2.34. The summed E-state index contributed by atoms with van der Waals surface area (Å²) in [5, 5.41) is 7.68. The zero-order chi connectivity index (χ0) is 28.5. The molecule has 2 aromatic heterocycles. The predicted molar refractivity (Wildman–Crippen MR) is 155 cm³/mol. The Hall–Kier alpha value is -4.99. The first kappa shape index (κ1) is 26.2. The summed E-state index contributed by atoms with van der Waals surface area (Å²) in [6, 6.07) is 20.2. The maximum atomic E-state index is 13.5. The Bertz CT molecular complexity index is 1650. The summed E-state index contributed by atoms with van der Waals surface area (Å²) < 4.78 is 13.9. The van der Waals surface area contributed by atoms with Crippen LogP contribution in [0.25, 0.3) is 11.3 Å². The number of amides is 1. The molecule has 6 rings (SSSR count). The number of hydrogen-bond acceptors (Lipinski definition) is 8. The molecule has 0 unspecified atom stereocenters. The molecule has 0 saturated heterocycles. The monoisotopic (exact) mass is 550 g/mol. The molecule has 0 fully saturated rings. The molecule has 2 bridgehead atoms. The molecule has 0 saturated carbocycles. The first-order valence-electron chi connectivity index (χ1n) is 13.5. The summed E-state index contributed by atoms with van der Waals surface area (Å²) in [7, 11) is 1.77. The molecule has 1 N–H and O–H groups in total. The number of pyridine rings is 1. The van der Waals surface area contributed by atoms with Crippen LogP contribution in [-0.2, 0) is 11.8 Å². The van der Waals surface area contributed by atoms with Crippen LogP contribution in [0.4, 0.5) is 11.4 Å². The van der Waals surface area contributed by atoms with E-state index >= 15 is 0 Å². The molecular weight excluding hydrogens is 520 g/mol. The maximum Gasteiger partial charge on any atom is 0.338 e. The van der Waals surface area contributed by atoms with Gasteiger partial charge in [0, 0.05) is 24.8 Å². The van der Waals surface area contributed by atoms with Crippen LogP contribution in [-0.4, -0.2) is 51.9 Å². The van der Waals surface area contributed by atoms with Crippen molar-refractivity contribution in [2.75, 3.05) is 23.4 Å². The summed E-state index contributed by atoms with van der Waals surface area (Å²) in [6.45, 7) is 4.55. The number of anilines is 2. The third kappa shape index (κ3) is 5.41. The van der Waals surface area contributed by atoms with Gasteiger partial charge in [-0.05, 0) is 55.7 Å². The molecule has 41 heavy (non-hydrogen) atoms. The van der Waals surface area contributed by atoms with Gasteiger partial charge in [0.2, 0.25) is 11.8 Å². The van der Waals surface area contributed by atoms with Gasteiger partial charge in [-0.1, -0.05) is 37.3 Å². The highest BCUT2D eigenvalue weighted by Gasteiger charge is 2.30. The second-order valence-electron chi connectivity index (χ2n) is 10.4. The molecule has 208 valence electrons. The Morgan fingerprint density at radius 3 is 2.71 bits per heavy atom. The Kier molecular flexibility index (Phi) is 6.96. The maximum absolute atomic E-state index is 13.5. The van der Waals surface area contributed by atoms with Crippen molar-refractivity contribution in [1.29, 1.82) is 0 Å². The van der Waals surface area contributed by atoms with Crippen LogP contribution in [0, 0.1) is 12.8 Å². The van der Waals surface area contributed by atoms with Gasteiger partial charge < -0.3 is 19.7 Å². The highest BCUT2D eigenvalue weighted by molar-refractivity contribution is 6.19. The number of carbonyl (C=O) groups excluding carboxylic acids is 2. The topological polar surface area (TPSA) is 111 Å². The molecule has 10 nitrogen and oxygen atoms in total. The van der Waals surface area contributed by atoms with Crippen LogP contribution in [0.2, 0.25) is 0 Å². The molecule has 10 heteroatoms. The van der Waals surface area contributed by atoms with E-state index < -0.39 is 12.1 Å². The molecule has 2 aromatic carbocycles. The SMILES string of the molecule is Cc1cc2cc(n1)-c1cnn(C)c1OC[C@H](OC(=O)c1ccccc1)C[C@@H](C)CN1/C(=N/C2=O)Nc2ccccc21. The zero-order valence-corrected chi connectivity index (χ0v) is 23.1. The summed E-state index contributed by atoms with van der Waals surface area (Å²) in [6.07, 6.45) is 1.61. The zero-order valence-electron chi connectivity index (χ0n) is 23.1. The minimum absolute atomic E-state index is 0.0292. The number of para-hydroxylation sites is 2. The Morgan fingerprint density at radius 1 is 1.10 bits per heavy atom. The van der Waals surface area contributed by atoms with Crippen LogP contribution in [0.3, 0.4) is 0 Å². The summed E-state index contributed by atoms with van der Waals surface area (Å²) in [4.78, 5) is 37.7. The van der Waals surface area contributed by atoms with Crippen molar-refractivity contribution in [3.8, 4) is 17.1 Å². The fourth-order valence-electron chi connectivity index (χ4n) is 5.20. The Morgan fingerprint density at radius 2 is 1.88 bits per heavy atom. The molecule has 2 aliphatic rings. The van der Waals surface area contributed by atoms with Gasteiger partial charge in [0.25, 0.3) is 5.91 Å². The lowest BCUT2D eigenvalue weighted by molar-refractivity contribution is 0.0103. The van der Waals surface area contributed by atoms with E-state index in [2.05, 4.69) is 27.3 Å². The molecule has 0 aliphatic carbocycles. The standard InChI is InChI=1S/C31H30N6O4/c1-19-13-23(41-30(39)21-9-5-4-6-10-21)18-40-29-24(16-32-36(29)3)26-15-22(14-20(2)33-26)28(38)35-31-34-25-11-7-8-12-27(25)37(31)17-19/h4-12,14-16,19,23H,13,17-18H2,1-3H3,(H,34,35,38)/t19-,23-/m1/s1. The third-order valence-electron chi connectivity index (χ3n) is 7.11. The lowest BCUT2D eigenvalue weighted by Gasteiger charge is -2.26. The van der Waals surface area contributed by atoms with Crippen molar-refractivity contribution in [1.82, 2.24) is 14.8 Å². The van der Waals surface area contributed by atoms with Crippen LogP contribution in [0.15, 0.2) is 77.9 Å².